The molecule has 0 heterocycles. The van der Waals surface area contributed by atoms with Crippen LogP contribution in [0.1, 0.15) is 19.3 Å². The van der Waals surface area contributed by atoms with Crippen LogP contribution >= 0.6 is 34.8 Å². The van der Waals surface area contributed by atoms with Gasteiger partial charge in [0, 0.05) is 24.5 Å². The van der Waals surface area contributed by atoms with Crippen LogP contribution in [-0.2, 0) is 10.0 Å². The summed E-state index contributed by atoms with van der Waals surface area (Å²) < 4.78 is 25.9. The zero-order valence-electron chi connectivity index (χ0n) is 10.6. The van der Waals surface area contributed by atoms with E-state index in [1.807, 2.05) is 0 Å². The summed E-state index contributed by atoms with van der Waals surface area (Å²) in [7, 11) is -2.06. The zero-order chi connectivity index (χ0) is 14.5. The van der Waals surface area contributed by atoms with Crippen molar-refractivity contribution in [3.63, 3.8) is 0 Å². The number of rotatable bonds is 7. The van der Waals surface area contributed by atoms with E-state index in [4.69, 9.17) is 34.8 Å². The third kappa shape index (κ3) is 4.80. The first-order valence-electron chi connectivity index (χ1n) is 5.87. The molecule has 3 nitrogen and oxygen atoms in total. The van der Waals surface area contributed by atoms with Gasteiger partial charge in [-0.1, -0.05) is 29.6 Å². The Bertz CT molecular complexity index is 520. The summed E-state index contributed by atoms with van der Waals surface area (Å²) in [5.41, 5.74) is 0. The van der Waals surface area contributed by atoms with E-state index in [0.29, 0.717) is 17.4 Å². The van der Waals surface area contributed by atoms with Gasteiger partial charge >= 0.3 is 0 Å². The predicted octanol–water partition coefficient (Wildman–Crippen LogP) is 4.02. The summed E-state index contributed by atoms with van der Waals surface area (Å²) in [4.78, 5) is 0.0431. The Morgan fingerprint density at radius 1 is 1.16 bits per heavy atom. The molecule has 0 unspecified atom stereocenters. The summed E-state index contributed by atoms with van der Waals surface area (Å²) in [5.74, 6) is 0.594. The molecule has 0 bridgehead atoms. The minimum absolute atomic E-state index is 0.0431. The van der Waals surface area contributed by atoms with E-state index >= 15 is 0 Å². The maximum atomic E-state index is 12.3. The van der Waals surface area contributed by atoms with Crippen molar-refractivity contribution in [3.05, 3.63) is 28.2 Å². The second-order valence-electron chi connectivity index (χ2n) is 4.15. The van der Waals surface area contributed by atoms with Crippen LogP contribution in [0.4, 0.5) is 0 Å². The van der Waals surface area contributed by atoms with Gasteiger partial charge in [0.1, 0.15) is 4.90 Å². The molecular weight excluding hydrogens is 329 g/mol. The van der Waals surface area contributed by atoms with E-state index in [1.165, 1.54) is 23.5 Å². The normalized spacial score (nSPS) is 12.1. The number of hydrogen-bond donors (Lipinski definition) is 0. The topological polar surface area (TPSA) is 37.4 Å². The first-order chi connectivity index (χ1) is 8.89. The Kier molecular flexibility index (Phi) is 6.91. The molecule has 108 valence electrons. The largest absolute Gasteiger partial charge is 0.244 e. The fraction of sp³-hybridized carbons (Fsp3) is 0.500. The Hall–Kier alpha value is -0.000000000000000111. The van der Waals surface area contributed by atoms with Crippen molar-refractivity contribution in [2.45, 2.75) is 24.2 Å². The molecule has 1 aromatic carbocycles. The van der Waals surface area contributed by atoms with E-state index in [9.17, 15) is 8.42 Å². The number of sulfonamides is 1. The smallest absolute Gasteiger partial charge is 0.207 e. The molecule has 7 heteroatoms. The van der Waals surface area contributed by atoms with Gasteiger partial charge in [0.25, 0.3) is 0 Å². The molecule has 0 aliphatic carbocycles. The lowest BCUT2D eigenvalue weighted by Crippen LogP contribution is -2.28. The molecule has 19 heavy (non-hydrogen) atoms. The fourth-order valence-electron chi connectivity index (χ4n) is 1.57. The molecule has 0 N–H and O–H groups in total. The van der Waals surface area contributed by atoms with Crippen molar-refractivity contribution in [1.82, 2.24) is 4.31 Å². The molecule has 0 atom stereocenters. The summed E-state index contributed by atoms with van der Waals surface area (Å²) in [6, 6.07) is 4.41. The average molecular weight is 345 g/mol. The summed E-state index contributed by atoms with van der Waals surface area (Å²) in [5, 5.41) is 0.524. The van der Waals surface area contributed by atoms with Crippen molar-refractivity contribution in [1.29, 1.82) is 0 Å². The highest BCUT2D eigenvalue weighted by atomic mass is 35.5. The highest BCUT2D eigenvalue weighted by molar-refractivity contribution is 7.89. The minimum Gasteiger partial charge on any atom is -0.207 e. The molecule has 1 rings (SSSR count). The van der Waals surface area contributed by atoms with Crippen molar-refractivity contribution in [2.24, 2.45) is 0 Å². The third-order valence-electron chi connectivity index (χ3n) is 2.69. The lowest BCUT2D eigenvalue weighted by molar-refractivity contribution is 0.454. The van der Waals surface area contributed by atoms with Crippen LogP contribution in [-0.4, -0.2) is 32.2 Å². The molecule has 0 amide bonds. The van der Waals surface area contributed by atoms with E-state index in [2.05, 4.69) is 0 Å². The van der Waals surface area contributed by atoms with Gasteiger partial charge in [-0.25, -0.2) is 12.7 Å². The third-order valence-corrected chi connectivity index (χ3v) is 5.53. The Balaban J connectivity index is 2.82. The lowest BCUT2D eigenvalue weighted by atomic mass is 10.2. The molecule has 0 aliphatic rings. The molecule has 1 aromatic rings. The van der Waals surface area contributed by atoms with Gasteiger partial charge < -0.3 is 0 Å². The second-order valence-corrected chi connectivity index (χ2v) is 7.39. The van der Waals surface area contributed by atoms with Crippen molar-refractivity contribution < 1.29 is 8.42 Å². The predicted molar refractivity (Wildman–Crippen MR) is 80.8 cm³/mol. The maximum Gasteiger partial charge on any atom is 0.244 e. The molecule has 0 saturated carbocycles. The maximum absolute atomic E-state index is 12.3. The minimum atomic E-state index is -3.60. The van der Waals surface area contributed by atoms with Crippen LogP contribution in [0.3, 0.4) is 0 Å². The highest BCUT2D eigenvalue weighted by Crippen LogP contribution is 2.27. The Labute approximate surface area is 129 Å². The molecule has 0 saturated heterocycles. The van der Waals surface area contributed by atoms with E-state index in [-0.39, 0.29) is 9.92 Å². The van der Waals surface area contributed by atoms with Gasteiger partial charge in [0.15, 0.2) is 0 Å². The Morgan fingerprint density at radius 3 is 2.47 bits per heavy atom. The number of benzene rings is 1. The highest BCUT2D eigenvalue weighted by Gasteiger charge is 2.23. The van der Waals surface area contributed by atoms with Gasteiger partial charge in [0.2, 0.25) is 10.0 Å². The first kappa shape index (κ1) is 17.1. The van der Waals surface area contributed by atoms with Crippen LogP contribution in [0, 0.1) is 0 Å². The second kappa shape index (κ2) is 7.70. The summed E-state index contributed by atoms with van der Waals surface area (Å²) in [6.45, 7) is 0.433. The molecule has 0 radical (unpaired) electrons. The summed E-state index contributed by atoms with van der Waals surface area (Å²) in [6.07, 6.45) is 2.54. The number of nitrogens with zero attached hydrogens (tertiary/aromatic N) is 1. The monoisotopic (exact) mass is 343 g/mol. The van der Waals surface area contributed by atoms with Crippen molar-refractivity contribution >= 4 is 44.8 Å². The average Bonchev–Trinajstić information content (AvgIpc) is 2.37. The van der Waals surface area contributed by atoms with Crippen LogP contribution in [0.5, 0.6) is 0 Å². The van der Waals surface area contributed by atoms with Crippen LogP contribution in [0.2, 0.25) is 10.0 Å². The van der Waals surface area contributed by atoms with Crippen molar-refractivity contribution in [2.75, 3.05) is 19.5 Å². The van der Waals surface area contributed by atoms with Gasteiger partial charge in [0.05, 0.1) is 5.02 Å². The number of unbranched alkanes of at least 4 members (excludes halogenated alkanes) is 2. The molecular formula is C12H16Cl3NO2S. The summed E-state index contributed by atoms with van der Waals surface area (Å²) >= 11 is 17.3. The van der Waals surface area contributed by atoms with E-state index < -0.39 is 10.0 Å². The van der Waals surface area contributed by atoms with Crippen LogP contribution < -0.4 is 0 Å². The molecule has 0 spiro atoms. The molecule has 0 fully saturated rings. The number of hydrogen-bond acceptors (Lipinski definition) is 2. The molecule has 0 aliphatic heterocycles. The standard InChI is InChI=1S/C12H16Cl3NO2S/c1-16(8-4-2-3-7-13)19(17,18)12-9-10(14)5-6-11(12)15/h5-6,9H,2-4,7-8H2,1H3. The Morgan fingerprint density at radius 2 is 1.84 bits per heavy atom. The van der Waals surface area contributed by atoms with E-state index in [1.54, 1.807) is 6.07 Å². The number of halogens is 3. The van der Waals surface area contributed by atoms with Gasteiger partial charge in [-0.15, -0.1) is 11.6 Å². The van der Waals surface area contributed by atoms with Gasteiger partial charge in [-0.2, -0.15) is 0 Å². The van der Waals surface area contributed by atoms with Crippen LogP contribution in [0.25, 0.3) is 0 Å². The van der Waals surface area contributed by atoms with Crippen molar-refractivity contribution in [3.8, 4) is 0 Å². The van der Waals surface area contributed by atoms with Gasteiger partial charge in [-0.3, -0.25) is 0 Å². The van der Waals surface area contributed by atoms with Crippen LogP contribution in [0.15, 0.2) is 23.1 Å². The quantitative estimate of drug-likeness (QED) is 0.553. The van der Waals surface area contributed by atoms with E-state index in [0.717, 1.165) is 19.3 Å². The fourth-order valence-corrected chi connectivity index (χ4v) is 3.70. The lowest BCUT2D eigenvalue weighted by Gasteiger charge is -2.18. The molecule has 0 aromatic heterocycles. The zero-order valence-corrected chi connectivity index (χ0v) is 13.7. The van der Waals surface area contributed by atoms with Gasteiger partial charge in [-0.05, 0) is 31.0 Å². The number of alkyl halides is 1. The first-order valence-corrected chi connectivity index (χ1v) is 8.60. The SMILES string of the molecule is CN(CCCCCCl)S(=O)(=O)c1cc(Cl)ccc1Cl.